The molecular formula is C21H35Cl. The molecule has 0 heterocycles. The van der Waals surface area contributed by atoms with Gasteiger partial charge in [-0.05, 0) is 37.5 Å². The summed E-state index contributed by atoms with van der Waals surface area (Å²) in [4.78, 5) is 0. The molecule has 126 valence electrons. The van der Waals surface area contributed by atoms with E-state index < -0.39 is 0 Å². The molecule has 22 heavy (non-hydrogen) atoms. The fourth-order valence-electron chi connectivity index (χ4n) is 1.65. The molecule has 0 unspecified atom stereocenters. The van der Waals surface area contributed by atoms with Crippen LogP contribution in [0.5, 0.6) is 0 Å². The maximum atomic E-state index is 5.93. The smallest absolute Gasteiger partial charge is 0.0440 e. The van der Waals surface area contributed by atoms with Gasteiger partial charge in [0.15, 0.2) is 0 Å². The molecule has 2 aromatic rings. The minimum absolute atomic E-state index is 0. The Morgan fingerprint density at radius 2 is 1.27 bits per heavy atom. The first-order chi connectivity index (χ1) is 9.56. The third-order valence-corrected chi connectivity index (χ3v) is 3.00. The average molecular weight is 323 g/mol. The summed E-state index contributed by atoms with van der Waals surface area (Å²) in [7, 11) is 0. The van der Waals surface area contributed by atoms with E-state index in [9.17, 15) is 0 Å². The third kappa shape index (κ3) is 11.4. The lowest BCUT2D eigenvalue weighted by Crippen LogP contribution is -1.85. The van der Waals surface area contributed by atoms with Crippen LogP contribution in [0.15, 0.2) is 48.5 Å². The quantitative estimate of drug-likeness (QED) is 0.500. The van der Waals surface area contributed by atoms with Crippen LogP contribution >= 0.6 is 11.6 Å². The predicted molar refractivity (Wildman–Crippen MR) is 106 cm³/mol. The molecule has 0 aliphatic carbocycles. The van der Waals surface area contributed by atoms with Gasteiger partial charge in [0.2, 0.25) is 0 Å². The van der Waals surface area contributed by atoms with E-state index in [-0.39, 0.29) is 14.9 Å². The van der Waals surface area contributed by atoms with Gasteiger partial charge in [-0.2, -0.15) is 0 Å². The monoisotopic (exact) mass is 322 g/mol. The molecule has 0 radical (unpaired) electrons. The first kappa shape index (κ1) is 25.7. The Balaban J connectivity index is -0.000000267. The molecule has 0 nitrogen and oxygen atoms in total. The van der Waals surface area contributed by atoms with Gasteiger partial charge in [0, 0.05) is 5.02 Å². The number of rotatable bonds is 1. The maximum absolute atomic E-state index is 5.93. The summed E-state index contributed by atoms with van der Waals surface area (Å²) in [6.45, 7) is 10.5. The van der Waals surface area contributed by atoms with Crippen molar-refractivity contribution in [3.63, 3.8) is 0 Å². The van der Waals surface area contributed by atoms with Gasteiger partial charge in [0.1, 0.15) is 0 Å². The van der Waals surface area contributed by atoms with E-state index in [0.29, 0.717) is 0 Å². The predicted octanol–water partition coefficient (Wildman–Crippen LogP) is 7.89. The van der Waals surface area contributed by atoms with Crippen molar-refractivity contribution in [3.8, 4) is 0 Å². The Hall–Kier alpha value is -1.27. The van der Waals surface area contributed by atoms with Gasteiger partial charge >= 0.3 is 0 Å². The van der Waals surface area contributed by atoms with Crippen LogP contribution in [-0.2, 0) is 6.42 Å². The standard InChI is InChI=1S/C9H11Cl.C7H8.C3H8.2CH4/c1-3-8-7(2)5-4-6-9(8)10;1-7-5-3-2-4-6-7;1-3-2;;/h4-6H,3H2,1-2H3;2-6H,1H3;3H2,1-2H3;2*1H4. The second-order valence-electron chi connectivity index (χ2n) is 4.75. The lowest BCUT2D eigenvalue weighted by Gasteiger charge is -2.03. The SMILES string of the molecule is C.C.CCC.CCc1c(C)cccc1Cl.Cc1ccccc1. The fourth-order valence-corrected chi connectivity index (χ4v) is 2.00. The molecular weight excluding hydrogens is 288 g/mol. The molecule has 0 saturated heterocycles. The van der Waals surface area contributed by atoms with Crippen LogP contribution in [-0.4, -0.2) is 0 Å². The van der Waals surface area contributed by atoms with Gasteiger partial charge in [0.05, 0.1) is 0 Å². The van der Waals surface area contributed by atoms with Gasteiger partial charge in [0.25, 0.3) is 0 Å². The van der Waals surface area contributed by atoms with E-state index >= 15 is 0 Å². The van der Waals surface area contributed by atoms with Crippen LogP contribution in [0.3, 0.4) is 0 Å². The molecule has 0 aromatic heterocycles. The van der Waals surface area contributed by atoms with E-state index in [1.165, 1.54) is 23.1 Å². The molecule has 0 N–H and O–H groups in total. The molecule has 0 aliphatic heterocycles. The van der Waals surface area contributed by atoms with Crippen molar-refractivity contribution in [1.82, 2.24) is 0 Å². The molecule has 0 spiro atoms. The molecule has 0 bridgehead atoms. The average Bonchev–Trinajstić information content (AvgIpc) is 2.41. The van der Waals surface area contributed by atoms with Crippen LogP contribution in [0.2, 0.25) is 5.02 Å². The van der Waals surface area contributed by atoms with Gasteiger partial charge < -0.3 is 0 Å². The largest absolute Gasteiger partial charge is 0.0840 e. The molecule has 0 aliphatic rings. The summed E-state index contributed by atoms with van der Waals surface area (Å²) in [6, 6.07) is 16.3. The number of hydrogen-bond acceptors (Lipinski definition) is 0. The Morgan fingerprint density at radius 3 is 1.55 bits per heavy atom. The van der Waals surface area contributed by atoms with Crippen molar-refractivity contribution in [2.24, 2.45) is 0 Å². The normalized spacial score (nSPS) is 8.09. The zero-order valence-corrected chi connectivity index (χ0v) is 14.2. The number of benzene rings is 2. The highest BCUT2D eigenvalue weighted by molar-refractivity contribution is 6.31. The van der Waals surface area contributed by atoms with E-state index in [0.717, 1.165) is 11.4 Å². The van der Waals surface area contributed by atoms with Crippen molar-refractivity contribution in [2.45, 2.75) is 62.3 Å². The minimum atomic E-state index is 0. The van der Waals surface area contributed by atoms with Gasteiger partial charge in [-0.1, -0.05) is 102 Å². The zero-order valence-electron chi connectivity index (χ0n) is 13.4. The second-order valence-corrected chi connectivity index (χ2v) is 5.16. The third-order valence-electron chi connectivity index (χ3n) is 2.65. The Kier molecular flexibility index (Phi) is 18.8. The zero-order chi connectivity index (χ0) is 15.4. The molecule has 2 rings (SSSR count). The molecule has 1 heteroatoms. The van der Waals surface area contributed by atoms with Crippen molar-refractivity contribution in [3.05, 3.63) is 70.2 Å². The van der Waals surface area contributed by atoms with E-state index in [4.69, 9.17) is 11.6 Å². The first-order valence-electron chi connectivity index (χ1n) is 7.32. The highest BCUT2D eigenvalue weighted by Crippen LogP contribution is 2.19. The highest BCUT2D eigenvalue weighted by Gasteiger charge is 1.98. The summed E-state index contributed by atoms with van der Waals surface area (Å²) in [5.41, 5.74) is 3.88. The van der Waals surface area contributed by atoms with Crippen LogP contribution in [0.25, 0.3) is 0 Å². The summed E-state index contributed by atoms with van der Waals surface area (Å²) < 4.78 is 0. The van der Waals surface area contributed by atoms with E-state index in [1.54, 1.807) is 0 Å². The van der Waals surface area contributed by atoms with Crippen molar-refractivity contribution in [2.75, 3.05) is 0 Å². The molecule has 0 fully saturated rings. The van der Waals surface area contributed by atoms with E-state index in [1.807, 2.05) is 30.3 Å². The van der Waals surface area contributed by atoms with Crippen LogP contribution in [0.4, 0.5) is 0 Å². The minimum Gasteiger partial charge on any atom is -0.0840 e. The van der Waals surface area contributed by atoms with Crippen molar-refractivity contribution in [1.29, 1.82) is 0 Å². The Bertz CT molecular complexity index is 440. The van der Waals surface area contributed by atoms with E-state index in [2.05, 4.69) is 52.8 Å². The summed E-state index contributed by atoms with van der Waals surface area (Å²) in [6.07, 6.45) is 2.27. The van der Waals surface area contributed by atoms with Crippen molar-refractivity contribution >= 4 is 11.6 Å². The van der Waals surface area contributed by atoms with Gasteiger partial charge in [-0.3, -0.25) is 0 Å². The van der Waals surface area contributed by atoms with Crippen LogP contribution < -0.4 is 0 Å². The molecule has 0 atom stereocenters. The molecule has 0 saturated carbocycles. The second kappa shape index (κ2) is 16.1. The maximum Gasteiger partial charge on any atom is 0.0440 e. The number of hydrogen-bond donors (Lipinski definition) is 0. The topological polar surface area (TPSA) is 0 Å². The van der Waals surface area contributed by atoms with Crippen molar-refractivity contribution < 1.29 is 0 Å². The summed E-state index contributed by atoms with van der Waals surface area (Å²) in [5.74, 6) is 0. The lowest BCUT2D eigenvalue weighted by atomic mass is 10.1. The summed E-state index contributed by atoms with van der Waals surface area (Å²) in [5, 5.41) is 0.891. The Labute approximate surface area is 144 Å². The molecule has 2 aromatic carbocycles. The lowest BCUT2D eigenvalue weighted by molar-refractivity contribution is 1.09. The first-order valence-corrected chi connectivity index (χ1v) is 7.70. The van der Waals surface area contributed by atoms with Gasteiger partial charge in [-0.25, -0.2) is 0 Å². The summed E-state index contributed by atoms with van der Waals surface area (Å²) >= 11 is 5.93. The number of aryl methyl sites for hydroxylation is 2. The molecule has 0 amide bonds. The van der Waals surface area contributed by atoms with Gasteiger partial charge in [-0.15, -0.1) is 0 Å². The highest BCUT2D eigenvalue weighted by atomic mass is 35.5. The Morgan fingerprint density at radius 1 is 0.773 bits per heavy atom. The fraction of sp³-hybridized carbons (Fsp3) is 0.429. The van der Waals surface area contributed by atoms with Crippen LogP contribution in [0, 0.1) is 13.8 Å². The number of halogens is 1. The van der Waals surface area contributed by atoms with Crippen LogP contribution in [0.1, 0.15) is 58.7 Å².